The van der Waals surface area contributed by atoms with Crippen LogP contribution in [0.25, 0.3) is 10.9 Å². The highest BCUT2D eigenvalue weighted by atomic mass is 79.9. The molecule has 27 heavy (non-hydrogen) atoms. The summed E-state index contributed by atoms with van der Waals surface area (Å²) in [5, 5.41) is 3.90. The largest absolute Gasteiger partial charge is 0.455 e. The van der Waals surface area contributed by atoms with Gasteiger partial charge in [0.25, 0.3) is 5.91 Å². The lowest BCUT2D eigenvalue weighted by molar-refractivity contribution is 0.102. The average Bonchev–Trinajstić information content (AvgIpc) is 3.02. The molecule has 0 aliphatic heterocycles. The van der Waals surface area contributed by atoms with Gasteiger partial charge in [0, 0.05) is 22.8 Å². The second-order valence-corrected chi connectivity index (χ2v) is 6.88. The minimum Gasteiger partial charge on any atom is -0.455 e. The van der Waals surface area contributed by atoms with Crippen molar-refractivity contribution in [1.82, 2.24) is 9.97 Å². The molecule has 0 unspecified atom stereocenters. The van der Waals surface area contributed by atoms with Crippen molar-refractivity contribution in [3.63, 3.8) is 0 Å². The highest BCUT2D eigenvalue weighted by Gasteiger charge is 2.16. The monoisotopic (exact) mass is 421 g/mol. The molecule has 2 aromatic heterocycles. The number of ether oxygens (including phenoxy) is 1. The molecule has 134 valence electrons. The molecule has 0 bridgehead atoms. The first-order valence-corrected chi connectivity index (χ1v) is 9.17. The molecule has 2 aromatic carbocycles. The number of H-pyrrole nitrogens is 1. The summed E-state index contributed by atoms with van der Waals surface area (Å²) in [6.07, 6.45) is 3.35. The van der Waals surface area contributed by atoms with Crippen LogP contribution in [0.15, 0.2) is 71.5 Å². The van der Waals surface area contributed by atoms with Gasteiger partial charge in [0.2, 0.25) is 0 Å². The van der Waals surface area contributed by atoms with E-state index in [1.54, 1.807) is 12.4 Å². The van der Waals surface area contributed by atoms with Crippen molar-refractivity contribution < 1.29 is 9.53 Å². The Labute approximate surface area is 164 Å². The third-order valence-electron chi connectivity index (χ3n) is 4.16. The number of hydrogen-bond donors (Lipinski definition) is 2. The van der Waals surface area contributed by atoms with E-state index >= 15 is 0 Å². The fourth-order valence-corrected chi connectivity index (χ4v) is 3.46. The predicted octanol–water partition coefficient (Wildman–Crippen LogP) is 5.68. The Morgan fingerprint density at radius 1 is 1.15 bits per heavy atom. The van der Waals surface area contributed by atoms with Crippen LogP contribution in [0.3, 0.4) is 0 Å². The minimum atomic E-state index is -0.210. The SMILES string of the molecule is Cc1cc(NC(=O)c2[nH]c3ccccc3c2Br)ccc1Oc1cccnc1. The van der Waals surface area contributed by atoms with Gasteiger partial charge in [-0.3, -0.25) is 9.78 Å². The van der Waals surface area contributed by atoms with Crippen LogP contribution < -0.4 is 10.1 Å². The van der Waals surface area contributed by atoms with Crippen LogP contribution in [0.4, 0.5) is 5.69 Å². The number of anilines is 1. The quantitative estimate of drug-likeness (QED) is 0.445. The fourth-order valence-electron chi connectivity index (χ4n) is 2.83. The first kappa shape index (κ1) is 17.3. The van der Waals surface area contributed by atoms with Gasteiger partial charge in [-0.1, -0.05) is 18.2 Å². The lowest BCUT2D eigenvalue weighted by Gasteiger charge is -2.11. The molecule has 0 aliphatic carbocycles. The summed E-state index contributed by atoms with van der Waals surface area (Å²) in [6.45, 7) is 1.93. The zero-order valence-electron chi connectivity index (χ0n) is 14.5. The van der Waals surface area contributed by atoms with Gasteiger partial charge in [-0.25, -0.2) is 0 Å². The molecule has 1 amide bonds. The maximum absolute atomic E-state index is 12.7. The Morgan fingerprint density at radius 3 is 2.74 bits per heavy atom. The summed E-state index contributed by atoms with van der Waals surface area (Å²) >= 11 is 3.51. The summed E-state index contributed by atoms with van der Waals surface area (Å²) in [7, 11) is 0. The van der Waals surface area contributed by atoms with E-state index in [4.69, 9.17) is 4.74 Å². The lowest BCUT2D eigenvalue weighted by atomic mass is 10.2. The number of fused-ring (bicyclic) bond motifs is 1. The molecule has 0 aliphatic rings. The zero-order chi connectivity index (χ0) is 18.8. The maximum Gasteiger partial charge on any atom is 0.273 e. The van der Waals surface area contributed by atoms with Crippen molar-refractivity contribution >= 4 is 38.4 Å². The molecule has 0 radical (unpaired) electrons. The molecule has 6 heteroatoms. The smallest absolute Gasteiger partial charge is 0.273 e. The summed E-state index contributed by atoms with van der Waals surface area (Å²) < 4.78 is 6.58. The third-order valence-corrected chi connectivity index (χ3v) is 4.99. The minimum absolute atomic E-state index is 0.210. The Kier molecular flexibility index (Phi) is 4.64. The zero-order valence-corrected chi connectivity index (χ0v) is 16.1. The Hall–Kier alpha value is -3.12. The van der Waals surface area contributed by atoms with Crippen LogP contribution in [-0.4, -0.2) is 15.9 Å². The van der Waals surface area contributed by atoms with E-state index in [0.29, 0.717) is 22.9 Å². The topological polar surface area (TPSA) is 67.0 Å². The number of aryl methyl sites for hydroxylation is 1. The van der Waals surface area contributed by atoms with E-state index in [1.165, 1.54) is 0 Å². The van der Waals surface area contributed by atoms with Crippen molar-refractivity contribution in [3.8, 4) is 11.5 Å². The number of amides is 1. The van der Waals surface area contributed by atoms with Crippen molar-refractivity contribution in [2.45, 2.75) is 6.92 Å². The van der Waals surface area contributed by atoms with Crippen LogP contribution in [-0.2, 0) is 0 Å². The number of hydrogen-bond acceptors (Lipinski definition) is 3. The number of carbonyl (C=O) groups is 1. The number of pyridine rings is 1. The second-order valence-electron chi connectivity index (χ2n) is 6.08. The van der Waals surface area contributed by atoms with E-state index < -0.39 is 0 Å². The van der Waals surface area contributed by atoms with Gasteiger partial charge in [0.1, 0.15) is 17.2 Å². The number of rotatable bonds is 4. The first-order valence-electron chi connectivity index (χ1n) is 8.38. The average molecular weight is 422 g/mol. The van der Waals surface area contributed by atoms with E-state index in [2.05, 4.69) is 31.2 Å². The molecule has 0 spiro atoms. The molecule has 4 rings (SSSR count). The molecule has 0 atom stereocenters. The highest BCUT2D eigenvalue weighted by molar-refractivity contribution is 9.10. The number of benzene rings is 2. The number of para-hydroxylation sites is 1. The van der Waals surface area contributed by atoms with Gasteiger partial charge in [-0.15, -0.1) is 0 Å². The standard InChI is InChI=1S/C21H16BrN3O2/c1-13-11-14(8-9-18(13)27-15-5-4-10-23-12-15)24-21(26)20-19(22)16-6-2-3-7-17(16)25-20/h2-12,25H,1H3,(H,24,26). The van der Waals surface area contributed by atoms with Gasteiger partial charge >= 0.3 is 0 Å². The third kappa shape index (κ3) is 3.57. The van der Waals surface area contributed by atoms with Gasteiger partial charge in [0.15, 0.2) is 0 Å². The normalized spacial score (nSPS) is 10.7. The number of aromatic amines is 1. The van der Waals surface area contributed by atoms with Crippen molar-refractivity contribution in [3.05, 3.63) is 82.7 Å². The summed E-state index contributed by atoms with van der Waals surface area (Å²) in [6, 6.07) is 16.9. The van der Waals surface area contributed by atoms with Crippen LogP contribution in [0.5, 0.6) is 11.5 Å². The lowest BCUT2D eigenvalue weighted by Crippen LogP contribution is -2.13. The van der Waals surface area contributed by atoms with Gasteiger partial charge in [-0.2, -0.15) is 0 Å². The number of nitrogens with zero attached hydrogens (tertiary/aromatic N) is 1. The van der Waals surface area contributed by atoms with Crippen molar-refractivity contribution in [1.29, 1.82) is 0 Å². The van der Waals surface area contributed by atoms with Crippen LogP contribution in [0.2, 0.25) is 0 Å². The number of halogens is 1. The molecular formula is C21H16BrN3O2. The maximum atomic E-state index is 12.7. The Morgan fingerprint density at radius 2 is 2.00 bits per heavy atom. The Balaban J connectivity index is 1.54. The molecule has 0 saturated heterocycles. The van der Waals surface area contributed by atoms with Gasteiger partial charge in [0.05, 0.1) is 10.7 Å². The fraction of sp³-hybridized carbons (Fsp3) is 0.0476. The number of aromatic nitrogens is 2. The molecule has 2 heterocycles. The Bertz CT molecular complexity index is 1120. The second kappa shape index (κ2) is 7.25. The van der Waals surface area contributed by atoms with E-state index in [9.17, 15) is 4.79 Å². The van der Waals surface area contributed by atoms with Gasteiger partial charge in [-0.05, 0) is 64.8 Å². The summed E-state index contributed by atoms with van der Waals surface area (Å²) in [4.78, 5) is 19.9. The molecule has 0 saturated carbocycles. The van der Waals surface area contributed by atoms with Crippen molar-refractivity contribution in [2.24, 2.45) is 0 Å². The molecule has 5 nitrogen and oxygen atoms in total. The number of carbonyl (C=O) groups excluding carboxylic acids is 1. The summed E-state index contributed by atoms with van der Waals surface area (Å²) in [5.41, 5.74) is 3.00. The van der Waals surface area contributed by atoms with E-state index in [1.807, 2.05) is 61.5 Å². The first-order chi connectivity index (χ1) is 13.1. The molecule has 2 N–H and O–H groups in total. The molecule has 4 aromatic rings. The predicted molar refractivity (Wildman–Crippen MR) is 109 cm³/mol. The highest BCUT2D eigenvalue weighted by Crippen LogP contribution is 2.30. The van der Waals surface area contributed by atoms with Gasteiger partial charge < -0.3 is 15.0 Å². The molecule has 0 fully saturated rings. The summed E-state index contributed by atoms with van der Waals surface area (Å²) in [5.74, 6) is 1.17. The van der Waals surface area contributed by atoms with Crippen molar-refractivity contribution in [2.75, 3.05) is 5.32 Å². The van der Waals surface area contributed by atoms with Crippen LogP contribution >= 0.6 is 15.9 Å². The number of nitrogens with one attached hydrogen (secondary N) is 2. The van der Waals surface area contributed by atoms with Crippen LogP contribution in [0, 0.1) is 6.92 Å². The van der Waals surface area contributed by atoms with E-state index in [0.717, 1.165) is 20.9 Å². The molecular weight excluding hydrogens is 406 g/mol. The van der Waals surface area contributed by atoms with Crippen LogP contribution in [0.1, 0.15) is 16.1 Å². The van der Waals surface area contributed by atoms with E-state index in [-0.39, 0.29) is 5.91 Å².